The lowest BCUT2D eigenvalue weighted by molar-refractivity contribution is 0.0468. The van der Waals surface area contributed by atoms with Gasteiger partial charge in [-0.15, -0.1) is 0 Å². The van der Waals surface area contributed by atoms with E-state index in [0.717, 1.165) is 23.8 Å². The monoisotopic (exact) mass is 412 g/mol. The van der Waals surface area contributed by atoms with Gasteiger partial charge in [-0.1, -0.05) is 37.8 Å². The average Bonchev–Trinajstić information content (AvgIpc) is 3.19. The number of benzene rings is 1. The Morgan fingerprint density at radius 2 is 1.87 bits per heavy atom. The van der Waals surface area contributed by atoms with Gasteiger partial charge in [-0.25, -0.2) is 0 Å². The standard InChI is InChI=1S/C23H32N4O3/c1-24-23(25-14-16-29-20-7-4-2-3-5-8-20)26-17-18-10-12-19(13-11-18)27-22(28)21-9-6-15-30-21/h6,9-13,15,20H,2-5,7-8,14,16-17H2,1H3,(H,27,28)(H2,24,25,26). The summed E-state index contributed by atoms with van der Waals surface area (Å²) in [5.41, 5.74) is 1.81. The molecule has 1 aromatic carbocycles. The van der Waals surface area contributed by atoms with Gasteiger partial charge in [0.05, 0.1) is 19.0 Å². The zero-order chi connectivity index (χ0) is 21.0. The fourth-order valence-corrected chi connectivity index (χ4v) is 3.52. The summed E-state index contributed by atoms with van der Waals surface area (Å²) >= 11 is 0. The first-order valence-corrected chi connectivity index (χ1v) is 10.7. The molecule has 0 bridgehead atoms. The number of nitrogens with one attached hydrogen (secondary N) is 3. The van der Waals surface area contributed by atoms with Gasteiger partial charge in [-0.3, -0.25) is 9.79 Å². The van der Waals surface area contributed by atoms with Gasteiger partial charge in [0.1, 0.15) is 0 Å². The second-order valence-corrected chi connectivity index (χ2v) is 7.47. The third-order valence-electron chi connectivity index (χ3n) is 5.19. The van der Waals surface area contributed by atoms with E-state index < -0.39 is 0 Å². The summed E-state index contributed by atoms with van der Waals surface area (Å²) in [6, 6.07) is 11.0. The fraction of sp³-hybridized carbons (Fsp3) is 0.478. The molecule has 1 aliphatic carbocycles. The number of hydrogen-bond acceptors (Lipinski definition) is 4. The van der Waals surface area contributed by atoms with Crippen LogP contribution in [0.5, 0.6) is 0 Å². The second kappa shape index (κ2) is 12.0. The average molecular weight is 413 g/mol. The molecule has 7 heteroatoms. The number of furan rings is 1. The molecule has 1 aromatic heterocycles. The molecule has 0 atom stereocenters. The minimum atomic E-state index is -0.262. The van der Waals surface area contributed by atoms with E-state index in [2.05, 4.69) is 20.9 Å². The van der Waals surface area contributed by atoms with Crippen LogP contribution in [-0.2, 0) is 11.3 Å². The van der Waals surface area contributed by atoms with Gasteiger partial charge in [0.2, 0.25) is 0 Å². The summed E-state index contributed by atoms with van der Waals surface area (Å²) in [6.07, 6.45) is 9.51. The van der Waals surface area contributed by atoms with Gasteiger partial charge in [-0.2, -0.15) is 0 Å². The Bertz CT molecular complexity index is 779. The van der Waals surface area contributed by atoms with Crippen LogP contribution < -0.4 is 16.0 Å². The first-order valence-electron chi connectivity index (χ1n) is 10.7. The Kier molecular flexibility index (Phi) is 8.78. The Morgan fingerprint density at radius 3 is 2.53 bits per heavy atom. The second-order valence-electron chi connectivity index (χ2n) is 7.47. The van der Waals surface area contributed by atoms with Crippen molar-refractivity contribution in [2.45, 2.75) is 51.2 Å². The van der Waals surface area contributed by atoms with Gasteiger partial charge in [0, 0.05) is 25.8 Å². The van der Waals surface area contributed by atoms with Crippen LogP contribution in [0.25, 0.3) is 0 Å². The molecule has 7 nitrogen and oxygen atoms in total. The van der Waals surface area contributed by atoms with E-state index >= 15 is 0 Å². The van der Waals surface area contributed by atoms with Crippen LogP contribution in [0.1, 0.15) is 54.6 Å². The molecule has 30 heavy (non-hydrogen) atoms. The minimum absolute atomic E-state index is 0.262. The van der Waals surface area contributed by atoms with Crippen molar-refractivity contribution >= 4 is 17.6 Å². The highest BCUT2D eigenvalue weighted by Crippen LogP contribution is 2.19. The summed E-state index contributed by atoms with van der Waals surface area (Å²) in [6.45, 7) is 2.05. The van der Waals surface area contributed by atoms with Crippen molar-refractivity contribution < 1.29 is 13.9 Å². The van der Waals surface area contributed by atoms with E-state index in [4.69, 9.17) is 9.15 Å². The third kappa shape index (κ3) is 7.22. The largest absolute Gasteiger partial charge is 0.459 e. The van der Waals surface area contributed by atoms with Crippen LogP contribution >= 0.6 is 0 Å². The number of hydrogen-bond donors (Lipinski definition) is 3. The smallest absolute Gasteiger partial charge is 0.291 e. The highest BCUT2D eigenvalue weighted by molar-refractivity contribution is 6.02. The van der Waals surface area contributed by atoms with Gasteiger partial charge in [-0.05, 0) is 42.7 Å². The summed E-state index contributed by atoms with van der Waals surface area (Å²) in [5.74, 6) is 0.773. The highest BCUT2D eigenvalue weighted by Gasteiger charge is 2.12. The maximum Gasteiger partial charge on any atom is 0.291 e. The fourth-order valence-electron chi connectivity index (χ4n) is 3.52. The molecule has 3 rings (SSSR count). The van der Waals surface area contributed by atoms with E-state index in [-0.39, 0.29) is 5.91 Å². The predicted molar refractivity (Wildman–Crippen MR) is 119 cm³/mol. The summed E-state index contributed by atoms with van der Waals surface area (Å²) in [7, 11) is 1.76. The third-order valence-corrected chi connectivity index (χ3v) is 5.19. The van der Waals surface area contributed by atoms with E-state index in [9.17, 15) is 4.79 Å². The number of carbonyl (C=O) groups excluding carboxylic acids is 1. The van der Waals surface area contributed by atoms with Crippen LogP contribution in [0.2, 0.25) is 0 Å². The number of carbonyl (C=O) groups is 1. The Balaban J connectivity index is 1.35. The highest BCUT2D eigenvalue weighted by atomic mass is 16.5. The number of nitrogens with zero attached hydrogens (tertiary/aromatic N) is 1. The molecule has 0 unspecified atom stereocenters. The SMILES string of the molecule is CN=C(NCCOC1CCCCCC1)NCc1ccc(NC(=O)c2ccco2)cc1. The molecule has 1 heterocycles. The zero-order valence-electron chi connectivity index (χ0n) is 17.7. The Labute approximate surface area is 178 Å². The number of rotatable bonds is 8. The van der Waals surface area contributed by atoms with E-state index in [1.807, 2.05) is 24.3 Å². The van der Waals surface area contributed by atoms with E-state index in [1.165, 1.54) is 44.8 Å². The van der Waals surface area contributed by atoms with Gasteiger partial charge >= 0.3 is 0 Å². The molecule has 1 amide bonds. The number of anilines is 1. The van der Waals surface area contributed by atoms with Crippen molar-refractivity contribution in [1.29, 1.82) is 0 Å². The Hall–Kier alpha value is -2.80. The molecule has 0 saturated heterocycles. The summed E-state index contributed by atoms with van der Waals surface area (Å²) in [4.78, 5) is 16.3. The van der Waals surface area contributed by atoms with Crippen LogP contribution in [0.4, 0.5) is 5.69 Å². The van der Waals surface area contributed by atoms with Crippen LogP contribution in [-0.4, -0.2) is 38.2 Å². The van der Waals surface area contributed by atoms with Crippen molar-refractivity contribution in [2.75, 3.05) is 25.5 Å². The van der Waals surface area contributed by atoms with Crippen molar-refractivity contribution in [2.24, 2.45) is 4.99 Å². The Morgan fingerprint density at radius 1 is 1.10 bits per heavy atom. The van der Waals surface area contributed by atoms with Crippen LogP contribution in [0.15, 0.2) is 52.1 Å². The molecule has 0 aliphatic heterocycles. The number of ether oxygens (including phenoxy) is 1. The zero-order valence-corrected chi connectivity index (χ0v) is 17.7. The lowest BCUT2D eigenvalue weighted by Crippen LogP contribution is -2.38. The molecule has 1 saturated carbocycles. The first-order chi connectivity index (χ1) is 14.7. The van der Waals surface area contributed by atoms with Gasteiger partial charge in [0.15, 0.2) is 11.7 Å². The van der Waals surface area contributed by atoms with Crippen molar-refractivity contribution in [3.63, 3.8) is 0 Å². The molecule has 2 aromatic rings. The van der Waals surface area contributed by atoms with Gasteiger partial charge < -0.3 is 25.1 Å². The maximum atomic E-state index is 12.0. The lowest BCUT2D eigenvalue weighted by atomic mass is 10.1. The molecular formula is C23H32N4O3. The number of aliphatic imine (C=N–C) groups is 1. The van der Waals surface area contributed by atoms with Crippen molar-refractivity contribution in [3.8, 4) is 0 Å². The van der Waals surface area contributed by atoms with Crippen LogP contribution in [0, 0.1) is 0 Å². The van der Waals surface area contributed by atoms with E-state index in [1.54, 1.807) is 19.2 Å². The molecule has 1 fully saturated rings. The topological polar surface area (TPSA) is 87.9 Å². The minimum Gasteiger partial charge on any atom is -0.459 e. The van der Waals surface area contributed by atoms with Crippen molar-refractivity contribution in [1.82, 2.24) is 10.6 Å². The number of guanidine groups is 1. The number of amides is 1. The van der Waals surface area contributed by atoms with E-state index in [0.29, 0.717) is 25.0 Å². The van der Waals surface area contributed by atoms with Gasteiger partial charge in [0.25, 0.3) is 5.91 Å². The summed E-state index contributed by atoms with van der Waals surface area (Å²) in [5, 5.41) is 9.40. The van der Waals surface area contributed by atoms with Crippen LogP contribution in [0.3, 0.4) is 0 Å². The molecule has 1 aliphatic rings. The summed E-state index contributed by atoms with van der Waals surface area (Å²) < 4.78 is 11.1. The molecule has 0 radical (unpaired) electrons. The lowest BCUT2D eigenvalue weighted by Gasteiger charge is -2.17. The molecular weight excluding hydrogens is 380 g/mol. The first kappa shape index (κ1) is 21.9. The quantitative estimate of drug-likeness (QED) is 0.265. The molecule has 162 valence electrons. The molecule has 3 N–H and O–H groups in total. The molecule has 0 spiro atoms. The van der Waals surface area contributed by atoms with Crippen molar-refractivity contribution in [3.05, 3.63) is 54.0 Å². The normalized spacial score (nSPS) is 15.4. The maximum absolute atomic E-state index is 12.0. The predicted octanol–water partition coefficient (Wildman–Crippen LogP) is 3.94.